The van der Waals surface area contributed by atoms with E-state index in [0.29, 0.717) is 18.7 Å². The molecule has 1 aliphatic rings. The monoisotopic (exact) mass is 261 g/mol. The molecule has 0 bridgehead atoms. The fourth-order valence-corrected chi connectivity index (χ4v) is 2.42. The zero-order valence-electron chi connectivity index (χ0n) is 10.7. The van der Waals surface area contributed by atoms with Crippen molar-refractivity contribution in [1.82, 2.24) is 19.6 Å². The second-order valence-electron chi connectivity index (χ2n) is 4.70. The molecule has 2 aromatic rings. The predicted octanol–water partition coefficient (Wildman–Crippen LogP) is 0.598. The summed E-state index contributed by atoms with van der Waals surface area (Å²) in [4.78, 5) is 21.6. The molecule has 100 valence electrons. The Morgan fingerprint density at radius 2 is 2.42 bits per heavy atom. The molecule has 0 aromatic carbocycles. The van der Waals surface area contributed by atoms with Crippen molar-refractivity contribution in [3.05, 3.63) is 18.1 Å². The van der Waals surface area contributed by atoms with E-state index in [1.54, 1.807) is 4.52 Å². The maximum absolute atomic E-state index is 11.0. The number of nitrogens with zero attached hydrogens (tertiary/aromatic N) is 5. The standard InChI is InChI=1S/C12H15N5O2/c1-2-9-5-10(17-12(15-9)13-7-14-17)16-4-3-8(6-16)11(18)19/h5,7-8H,2-4,6H2,1H3,(H,18,19). The van der Waals surface area contributed by atoms with Gasteiger partial charge in [0.1, 0.15) is 12.1 Å². The van der Waals surface area contributed by atoms with Crippen LogP contribution < -0.4 is 4.90 Å². The van der Waals surface area contributed by atoms with Crippen molar-refractivity contribution >= 4 is 17.6 Å². The summed E-state index contributed by atoms with van der Waals surface area (Å²) in [7, 11) is 0. The molecule has 19 heavy (non-hydrogen) atoms. The van der Waals surface area contributed by atoms with Gasteiger partial charge < -0.3 is 10.0 Å². The van der Waals surface area contributed by atoms with Gasteiger partial charge in [0.05, 0.1) is 5.92 Å². The van der Waals surface area contributed by atoms with Crippen LogP contribution in [0.4, 0.5) is 5.82 Å². The molecule has 1 unspecified atom stereocenters. The Labute approximate surface area is 109 Å². The van der Waals surface area contributed by atoms with E-state index in [1.807, 2.05) is 17.9 Å². The number of hydrogen-bond donors (Lipinski definition) is 1. The molecule has 1 fully saturated rings. The number of hydrogen-bond acceptors (Lipinski definition) is 5. The minimum atomic E-state index is -0.734. The van der Waals surface area contributed by atoms with E-state index in [1.165, 1.54) is 6.33 Å². The largest absolute Gasteiger partial charge is 0.481 e. The number of anilines is 1. The van der Waals surface area contributed by atoms with Crippen LogP contribution in [-0.4, -0.2) is 43.7 Å². The molecule has 0 radical (unpaired) electrons. The SMILES string of the molecule is CCc1cc(N2CCC(C(=O)O)C2)n2ncnc2n1. The average Bonchev–Trinajstić information content (AvgIpc) is 3.06. The smallest absolute Gasteiger partial charge is 0.308 e. The number of carboxylic acids is 1. The maximum Gasteiger partial charge on any atom is 0.308 e. The molecular formula is C12H15N5O2. The summed E-state index contributed by atoms with van der Waals surface area (Å²) in [6.45, 7) is 3.26. The Bertz CT molecular complexity index is 624. The predicted molar refractivity (Wildman–Crippen MR) is 68.1 cm³/mol. The van der Waals surface area contributed by atoms with Crippen molar-refractivity contribution in [2.24, 2.45) is 5.92 Å². The number of carboxylic acid groups (broad SMARTS) is 1. The molecule has 0 amide bonds. The van der Waals surface area contributed by atoms with Crippen molar-refractivity contribution in [2.45, 2.75) is 19.8 Å². The van der Waals surface area contributed by atoms with Crippen LogP contribution in [0.15, 0.2) is 12.4 Å². The van der Waals surface area contributed by atoms with Gasteiger partial charge in [0.25, 0.3) is 5.78 Å². The fraction of sp³-hybridized carbons (Fsp3) is 0.500. The molecule has 1 saturated heterocycles. The summed E-state index contributed by atoms with van der Waals surface area (Å²) < 4.78 is 1.67. The van der Waals surface area contributed by atoms with Crippen molar-refractivity contribution < 1.29 is 9.90 Å². The number of aryl methyl sites for hydroxylation is 1. The van der Waals surface area contributed by atoms with E-state index in [4.69, 9.17) is 5.11 Å². The zero-order chi connectivity index (χ0) is 13.4. The first-order chi connectivity index (χ1) is 9.19. The molecular weight excluding hydrogens is 246 g/mol. The Kier molecular flexibility index (Phi) is 2.81. The number of fused-ring (bicyclic) bond motifs is 1. The first-order valence-corrected chi connectivity index (χ1v) is 6.36. The highest BCUT2D eigenvalue weighted by atomic mass is 16.4. The van der Waals surface area contributed by atoms with Crippen molar-refractivity contribution in [1.29, 1.82) is 0 Å². The first kappa shape index (κ1) is 11.9. The lowest BCUT2D eigenvalue weighted by atomic mass is 10.1. The summed E-state index contributed by atoms with van der Waals surface area (Å²) in [6, 6.07) is 1.96. The van der Waals surface area contributed by atoms with Crippen molar-refractivity contribution in [2.75, 3.05) is 18.0 Å². The third-order valence-electron chi connectivity index (χ3n) is 3.51. The highest BCUT2D eigenvalue weighted by molar-refractivity contribution is 5.72. The zero-order valence-corrected chi connectivity index (χ0v) is 10.7. The molecule has 1 atom stereocenters. The van der Waals surface area contributed by atoms with Crippen molar-refractivity contribution in [3.8, 4) is 0 Å². The molecule has 2 aromatic heterocycles. The maximum atomic E-state index is 11.0. The molecule has 0 aliphatic carbocycles. The van der Waals surface area contributed by atoms with E-state index >= 15 is 0 Å². The molecule has 7 nitrogen and oxygen atoms in total. The van der Waals surface area contributed by atoms with Crippen LogP contribution in [0.25, 0.3) is 5.78 Å². The number of carbonyl (C=O) groups is 1. The average molecular weight is 261 g/mol. The lowest BCUT2D eigenvalue weighted by Gasteiger charge is -2.19. The molecule has 3 heterocycles. The minimum absolute atomic E-state index is 0.309. The molecule has 1 N–H and O–H groups in total. The molecule has 3 rings (SSSR count). The van der Waals surface area contributed by atoms with Gasteiger partial charge in [0.15, 0.2) is 0 Å². The number of aromatic nitrogens is 4. The van der Waals surface area contributed by atoms with Crippen LogP contribution in [0.2, 0.25) is 0 Å². The molecule has 0 spiro atoms. The van der Waals surface area contributed by atoms with E-state index in [9.17, 15) is 4.79 Å². The van der Waals surface area contributed by atoms with Crippen LogP contribution in [0, 0.1) is 5.92 Å². The summed E-state index contributed by atoms with van der Waals surface area (Å²) in [5.74, 6) is 0.398. The van der Waals surface area contributed by atoms with Crippen LogP contribution in [0.3, 0.4) is 0 Å². The summed E-state index contributed by atoms with van der Waals surface area (Å²) in [5.41, 5.74) is 0.939. The Morgan fingerprint density at radius 1 is 1.58 bits per heavy atom. The van der Waals surface area contributed by atoms with E-state index < -0.39 is 5.97 Å². The van der Waals surface area contributed by atoms with E-state index in [2.05, 4.69) is 15.1 Å². The van der Waals surface area contributed by atoms with E-state index in [-0.39, 0.29) is 5.92 Å². The fourth-order valence-electron chi connectivity index (χ4n) is 2.42. The van der Waals surface area contributed by atoms with Crippen LogP contribution in [0.1, 0.15) is 19.0 Å². The van der Waals surface area contributed by atoms with Gasteiger partial charge in [0.2, 0.25) is 0 Å². The highest BCUT2D eigenvalue weighted by Crippen LogP contribution is 2.24. The van der Waals surface area contributed by atoms with Crippen LogP contribution in [0.5, 0.6) is 0 Å². The summed E-state index contributed by atoms with van der Waals surface area (Å²) in [6.07, 6.45) is 2.94. The van der Waals surface area contributed by atoms with Gasteiger partial charge in [-0.25, -0.2) is 4.98 Å². The third-order valence-corrected chi connectivity index (χ3v) is 3.51. The topological polar surface area (TPSA) is 83.6 Å². The number of rotatable bonds is 3. The van der Waals surface area contributed by atoms with Gasteiger partial charge in [-0.3, -0.25) is 4.79 Å². The van der Waals surface area contributed by atoms with Crippen molar-refractivity contribution in [3.63, 3.8) is 0 Å². The molecule has 7 heteroatoms. The second kappa shape index (κ2) is 4.49. The van der Waals surface area contributed by atoms with Crippen LogP contribution in [-0.2, 0) is 11.2 Å². The molecule has 1 aliphatic heterocycles. The van der Waals surface area contributed by atoms with Crippen LogP contribution >= 0.6 is 0 Å². The minimum Gasteiger partial charge on any atom is -0.481 e. The second-order valence-corrected chi connectivity index (χ2v) is 4.70. The highest BCUT2D eigenvalue weighted by Gasteiger charge is 2.29. The lowest BCUT2D eigenvalue weighted by molar-refractivity contribution is -0.140. The van der Waals surface area contributed by atoms with Gasteiger partial charge >= 0.3 is 5.97 Å². The Hall–Kier alpha value is -2.18. The lowest BCUT2D eigenvalue weighted by Crippen LogP contribution is -2.25. The quantitative estimate of drug-likeness (QED) is 0.871. The normalized spacial score (nSPS) is 19.2. The molecule has 0 saturated carbocycles. The Balaban J connectivity index is 2.00. The van der Waals surface area contributed by atoms with Gasteiger partial charge in [-0.1, -0.05) is 6.92 Å². The van der Waals surface area contributed by atoms with Gasteiger partial charge in [-0.2, -0.15) is 14.6 Å². The summed E-state index contributed by atoms with van der Waals surface area (Å²) in [5, 5.41) is 13.2. The van der Waals surface area contributed by atoms with Gasteiger partial charge in [0, 0.05) is 24.8 Å². The number of aliphatic carboxylic acids is 1. The third kappa shape index (κ3) is 2.00. The van der Waals surface area contributed by atoms with E-state index in [0.717, 1.165) is 24.5 Å². The van der Waals surface area contributed by atoms with Gasteiger partial charge in [-0.05, 0) is 12.8 Å². The first-order valence-electron chi connectivity index (χ1n) is 6.36. The summed E-state index contributed by atoms with van der Waals surface area (Å²) >= 11 is 0. The van der Waals surface area contributed by atoms with Gasteiger partial charge in [-0.15, -0.1) is 0 Å². The Morgan fingerprint density at radius 3 is 3.11 bits per heavy atom.